The summed E-state index contributed by atoms with van der Waals surface area (Å²) < 4.78 is 31.0. The van der Waals surface area contributed by atoms with Crippen LogP contribution >= 0.6 is 23.7 Å². The molecular formula is C21H29F2N7S2. The molecule has 1 aliphatic carbocycles. The number of fused-ring (bicyclic) bond motifs is 1. The summed E-state index contributed by atoms with van der Waals surface area (Å²) in [4.78, 5) is 7.67. The summed E-state index contributed by atoms with van der Waals surface area (Å²) in [6.45, 7) is 10.3. The van der Waals surface area contributed by atoms with Crippen molar-refractivity contribution in [1.29, 1.82) is 10.8 Å². The fourth-order valence-electron chi connectivity index (χ4n) is 4.02. The molecule has 0 spiro atoms. The molecular weight excluding hydrogens is 452 g/mol. The van der Waals surface area contributed by atoms with Gasteiger partial charge in [0.25, 0.3) is 6.43 Å². The predicted octanol–water partition coefficient (Wildman–Crippen LogP) is 4.36. The number of thioether (sulfide) groups is 1. The Labute approximate surface area is 195 Å². The molecule has 1 unspecified atom stereocenters. The van der Waals surface area contributed by atoms with E-state index >= 15 is 0 Å². The molecule has 1 atom stereocenters. The highest BCUT2D eigenvalue weighted by molar-refractivity contribution is 8.26. The zero-order chi connectivity index (χ0) is 23.3. The van der Waals surface area contributed by atoms with Crippen molar-refractivity contribution in [2.24, 2.45) is 0 Å². The molecule has 11 heteroatoms. The van der Waals surface area contributed by atoms with Crippen LogP contribution in [0.15, 0.2) is 23.4 Å². The Morgan fingerprint density at radius 3 is 2.66 bits per heavy atom. The standard InChI is InChI=1S/C21H29F2N7S2/c1-12-9-29(11-20(2,3)27-12)14-7-13(32-28-21(4)5-6-21)10-30-15(14)8-26-19(30)18(25)31-17(24)16(22)23/h7-8,10,12,16,24-25,27-28H,5-6,9,11H2,1-4H3. The Balaban J connectivity index is 1.73. The smallest absolute Gasteiger partial charge is 0.285 e. The number of hydrogen-bond acceptors (Lipinski definition) is 8. The van der Waals surface area contributed by atoms with Crippen molar-refractivity contribution in [3.05, 3.63) is 24.3 Å². The SMILES string of the molecule is CC1CN(c2cc(SNC3(C)CC3)cn3c(C(=N)SC(=N)C(F)F)ncc23)CC(C)(C)N1. The summed E-state index contributed by atoms with van der Waals surface area (Å²) in [5, 5.41) is 18.3. The molecule has 2 aromatic heterocycles. The van der Waals surface area contributed by atoms with Crippen molar-refractivity contribution < 1.29 is 8.78 Å². The van der Waals surface area contributed by atoms with Crippen LogP contribution < -0.4 is 14.9 Å². The monoisotopic (exact) mass is 481 g/mol. The number of pyridine rings is 1. The van der Waals surface area contributed by atoms with E-state index in [9.17, 15) is 8.78 Å². The first-order valence-electron chi connectivity index (χ1n) is 10.6. The van der Waals surface area contributed by atoms with Crippen molar-refractivity contribution >= 4 is 45.0 Å². The summed E-state index contributed by atoms with van der Waals surface area (Å²) in [7, 11) is 0. The van der Waals surface area contributed by atoms with E-state index < -0.39 is 11.5 Å². The minimum Gasteiger partial charge on any atom is -0.366 e. The molecule has 174 valence electrons. The van der Waals surface area contributed by atoms with Gasteiger partial charge in [0.05, 0.1) is 17.4 Å². The molecule has 0 radical (unpaired) electrons. The molecule has 4 rings (SSSR count). The summed E-state index contributed by atoms with van der Waals surface area (Å²) in [5.41, 5.74) is 1.88. The molecule has 2 aromatic rings. The zero-order valence-electron chi connectivity index (χ0n) is 18.6. The van der Waals surface area contributed by atoms with Crippen molar-refractivity contribution in [1.82, 2.24) is 19.4 Å². The first kappa shape index (κ1) is 23.5. The van der Waals surface area contributed by atoms with Gasteiger partial charge in [-0.1, -0.05) is 0 Å². The quantitative estimate of drug-likeness (QED) is 0.278. The van der Waals surface area contributed by atoms with Gasteiger partial charge in [-0.25, -0.2) is 13.8 Å². The van der Waals surface area contributed by atoms with E-state index in [0.717, 1.165) is 42.0 Å². The Morgan fingerprint density at radius 1 is 1.31 bits per heavy atom. The molecule has 1 saturated heterocycles. The van der Waals surface area contributed by atoms with Crippen molar-refractivity contribution in [3.63, 3.8) is 0 Å². The third kappa shape index (κ3) is 5.11. The average molecular weight is 482 g/mol. The number of rotatable bonds is 6. The van der Waals surface area contributed by atoms with Gasteiger partial charge >= 0.3 is 0 Å². The van der Waals surface area contributed by atoms with E-state index in [2.05, 4.69) is 53.7 Å². The van der Waals surface area contributed by atoms with Gasteiger partial charge in [-0.05, 0) is 70.3 Å². The van der Waals surface area contributed by atoms with Gasteiger partial charge < -0.3 is 10.2 Å². The van der Waals surface area contributed by atoms with Gasteiger partial charge in [0, 0.05) is 41.3 Å². The van der Waals surface area contributed by atoms with Crippen molar-refractivity contribution in [2.75, 3.05) is 18.0 Å². The number of anilines is 1. The summed E-state index contributed by atoms with van der Waals surface area (Å²) in [5.74, 6) is 0.263. The minimum atomic E-state index is -2.90. The van der Waals surface area contributed by atoms with E-state index in [1.54, 1.807) is 22.5 Å². The molecule has 1 saturated carbocycles. The normalized spacial score (nSPS) is 21.8. The Morgan fingerprint density at radius 2 is 2.03 bits per heavy atom. The van der Waals surface area contributed by atoms with Gasteiger partial charge in [0.15, 0.2) is 5.82 Å². The van der Waals surface area contributed by atoms with Crippen LogP contribution in [0.1, 0.15) is 46.4 Å². The van der Waals surface area contributed by atoms with Crippen LogP contribution in [-0.4, -0.2) is 56.1 Å². The third-order valence-electron chi connectivity index (χ3n) is 5.68. The molecule has 2 aliphatic rings. The average Bonchev–Trinajstić information content (AvgIpc) is 3.27. The summed E-state index contributed by atoms with van der Waals surface area (Å²) in [6, 6.07) is 2.43. The summed E-state index contributed by atoms with van der Waals surface area (Å²) in [6.07, 6.45) is 2.94. The third-order valence-corrected chi connectivity index (χ3v) is 7.52. The van der Waals surface area contributed by atoms with Gasteiger partial charge in [-0.15, -0.1) is 0 Å². The summed E-state index contributed by atoms with van der Waals surface area (Å²) >= 11 is 1.99. The number of alkyl halides is 2. The molecule has 32 heavy (non-hydrogen) atoms. The Bertz CT molecular complexity index is 1050. The van der Waals surface area contributed by atoms with Crippen molar-refractivity contribution in [3.8, 4) is 0 Å². The Hall–Kier alpha value is -1.69. The van der Waals surface area contributed by atoms with E-state index in [-0.39, 0.29) is 21.9 Å². The predicted molar refractivity (Wildman–Crippen MR) is 129 cm³/mol. The molecule has 0 bridgehead atoms. The maximum absolute atomic E-state index is 12.8. The van der Waals surface area contributed by atoms with E-state index in [1.165, 1.54) is 0 Å². The number of nitrogens with zero attached hydrogens (tertiary/aromatic N) is 3. The van der Waals surface area contributed by atoms with Gasteiger partial charge in [0.1, 0.15) is 10.1 Å². The van der Waals surface area contributed by atoms with E-state index in [4.69, 9.17) is 10.8 Å². The van der Waals surface area contributed by atoms with Gasteiger partial charge in [0.2, 0.25) is 0 Å². The van der Waals surface area contributed by atoms with Crippen LogP contribution in [0, 0.1) is 10.8 Å². The van der Waals surface area contributed by atoms with Crippen LogP contribution in [0.5, 0.6) is 0 Å². The fraction of sp³-hybridized carbons (Fsp3) is 0.571. The van der Waals surface area contributed by atoms with Crippen LogP contribution in [0.4, 0.5) is 14.5 Å². The maximum atomic E-state index is 12.8. The lowest BCUT2D eigenvalue weighted by Gasteiger charge is -2.44. The molecule has 1 aliphatic heterocycles. The topological polar surface area (TPSA) is 92.3 Å². The number of nitrogens with one attached hydrogen (secondary N) is 4. The number of hydrogen-bond donors (Lipinski definition) is 4. The largest absolute Gasteiger partial charge is 0.366 e. The van der Waals surface area contributed by atoms with Gasteiger partial charge in [-0.3, -0.25) is 19.9 Å². The first-order valence-corrected chi connectivity index (χ1v) is 12.2. The molecule has 3 heterocycles. The molecule has 0 amide bonds. The van der Waals surface area contributed by atoms with Crippen LogP contribution in [-0.2, 0) is 0 Å². The highest BCUT2D eigenvalue weighted by Gasteiger charge is 2.37. The lowest BCUT2D eigenvalue weighted by atomic mass is 9.98. The van der Waals surface area contributed by atoms with Crippen molar-refractivity contribution in [2.45, 2.75) is 69.0 Å². The van der Waals surface area contributed by atoms with Crippen LogP contribution in [0.3, 0.4) is 0 Å². The second-order valence-electron chi connectivity index (χ2n) is 9.57. The van der Waals surface area contributed by atoms with Gasteiger partial charge in [-0.2, -0.15) is 0 Å². The van der Waals surface area contributed by atoms with Crippen LogP contribution in [0.2, 0.25) is 0 Å². The van der Waals surface area contributed by atoms with E-state index in [0.29, 0.717) is 17.8 Å². The minimum absolute atomic E-state index is 0.0741. The first-order chi connectivity index (χ1) is 15.0. The molecule has 0 aromatic carbocycles. The molecule has 4 N–H and O–H groups in total. The number of halogens is 2. The maximum Gasteiger partial charge on any atom is 0.285 e. The second-order valence-corrected chi connectivity index (χ2v) is 11.5. The molecule has 2 fully saturated rings. The second kappa shape index (κ2) is 8.58. The molecule has 7 nitrogen and oxygen atoms in total. The lowest BCUT2D eigenvalue weighted by molar-refractivity contribution is 0.228. The number of imidazole rings is 1. The fourth-order valence-corrected chi connectivity index (χ4v) is 5.47. The highest BCUT2D eigenvalue weighted by Crippen LogP contribution is 2.39. The number of aromatic nitrogens is 2. The number of piperazine rings is 1. The Kier molecular flexibility index (Phi) is 6.30. The van der Waals surface area contributed by atoms with E-state index in [1.807, 2.05) is 6.20 Å². The van der Waals surface area contributed by atoms with Crippen LogP contribution in [0.25, 0.3) is 5.52 Å². The zero-order valence-corrected chi connectivity index (χ0v) is 20.3. The highest BCUT2D eigenvalue weighted by atomic mass is 32.2. The lowest BCUT2D eigenvalue weighted by Crippen LogP contribution is -2.61.